The Morgan fingerprint density at radius 1 is 1.35 bits per heavy atom. The Labute approximate surface area is 158 Å². The van der Waals surface area contributed by atoms with E-state index in [0.29, 0.717) is 13.1 Å². The monoisotopic (exact) mass is 450 g/mol. The maximum atomic E-state index is 10.6. The normalized spacial score (nSPS) is 10.6. The maximum absolute atomic E-state index is 10.6. The van der Waals surface area contributed by atoms with E-state index >= 15 is 0 Å². The van der Waals surface area contributed by atoms with Gasteiger partial charge in [0, 0.05) is 31.0 Å². The van der Waals surface area contributed by atoms with Crippen molar-refractivity contribution in [1.29, 1.82) is 0 Å². The quantitative estimate of drug-likeness (QED) is 0.121. The number of rotatable bonds is 8. The van der Waals surface area contributed by atoms with Crippen molar-refractivity contribution >= 4 is 47.4 Å². The average Bonchev–Trinajstić information content (AvgIpc) is 2.49. The van der Waals surface area contributed by atoms with E-state index in [1.54, 1.807) is 23.9 Å². The largest absolute Gasteiger partial charge is 0.356 e. The molecule has 8 heteroatoms. The number of nitrogens with one attached hydrogen (secondary N) is 2. The summed E-state index contributed by atoms with van der Waals surface area (Å²) < 4.78 is 0. The van der Waals surface area contributed by atoms with Crippen LogP contribution in [0.4, 0.5) is 5.69 Å². The number of hydrogen-bond donors (Lipinski definition) is 2. The van der Waals surface area contributed by atoms with Gasteiger partial charge in [0.1, 0.15) is 0 Å². The zero-order valence-electron chi connectivity index (χ0n) is 13.4. The van der Waals surface area contributed by atoms with Gasteiger partial charge in [-0.1, -0.05) is 24.3 Å². The van der Waals surface area contributed by atoms with Gasteiger partial charge in [-0.15, -0.1) is 24.0 Å². The summed E-state index contributed by atoms with van der Waals surface area (Å²) in [6.45, 7) is 7.74. The summed E-state index contributed by atoms with van der Waals surface area (Å²) >= 11 is 1.76. The second kappa shape index (κ2) is 12.2. The maximum Gasteiger partial charge on any atom is 0.269 e. The molecule has 2 N–H and O–H groups in total. The molecule has 0 aliphatic heterocycles. The average molecular weight is 450 g/mol. The van der Waals surface area contributed by atoms with Crippen molar-refractivity contribution in [3.05, 3.63) is 52.1 Å². The van der Waals surface area contributed by atoms with Gasteiger partial charge in [-0.25, -0.2) is 4.99 Å². The minimum atomic E-state index is -0.406. The fraction of sp³-hybridized carbons (Fsp3) is 0.400. The number of hydrogen-bond acceptors (Lipinski definition) is 4. The minimum absolute atomic E-state index is 0. The van der Waals surface area contributed by atoms with Crippen LogP contribution in [0.5, 0.6) is 0 Å². The van der Waals surface area contributed by atoms with Crippen molar-refractivity contribution in [1.82, 2.24) is 10.6 Å². The highest BCUT2D eigenvalue weighted by atomic mass is 127. The van der Waals surface area contributed by atoms with Crippen LogP contribution >= 0.6 is 35.7 Å². The number of halogens is 1. The second-order valence-corrected chi connectivity index (χ2v) is 5.80. The van der Waals surface area contributed by atoms with Crippen molar-refractivity contribution in [2.75, 3.05) is 25.1 Å². The van der Waals surface area contributed by atoms with Gasteiger partial charge in [-0.3, -0.25) is 10.1 Å². The Morgan fingerprint density at radius 3 is 2.52 bits per heavy atom. The van der Waals surface area contributed by atoms with E-state index in [4.69, 9.17) is 0 Å². The van der Waals surface area contributed by atoms with E-state index in [9.17, 15) is 10.1 Å². The van der Waals surface area contributed by atoms with Gasteiger partial charge in [0.25, 0.3) is 5.69 Å². The SMILES string of the molecule is C=C(C)CNC(=NCc1ccc([N+](=O)[O-])cc1)NCCSC.I. The van der Waals surface area contributed by atoms with E-state index in [1.807, 2.05) is 6.92 Å². The first kappa shape index (κ1) is 21.7. The number of nitro benzene ring substituents is 1. The van der Waals surface area contributed by atoms with E-state index in [1.165, 1.54) is 12.1 Å². The summed E-state index contributed by atoms with van der Waals surface area (Å²) in [5.74, 6) is 1.71. The van der Waals surface area contributed by atoms with E-state index in [-0.39, 0.29) is 29.7 Å². The molecule has 0 saturated heterocycles. The fourth-order valence-corrected chi connectivity index (χ4v) is 1.88. The molecule has 1 aromatic carbocycles. The summed E-state index contributed by atoms with van der Waals surface area (Å²) in [4.78, 5) is 14.7. The van der Waals surface area contributed by atoms with Crippen LogP contribution in [-0.2, 0) is 6.54 Å². The van der Waals surface area contributed by atoms with Gasteiger partial charge in [0.15, 0.2) is 5.96 Å². The van der Waals surface area contributed by atoms with Crippen LogP contribution in [-0.4, -0.2) is 36.0 Å². The van der Waals surface area contributed by atoms with Crippen LogP contribution in [0.2, 0.25) is 0 Å². The highest BCUT2D eigenvalue weighted by molar-refractivity contribution is 14.0. The molecular weight excluding hydrogens is 427 g/mol. The van der Waals surface area contributed by atoms with Crippen molar-refractivity contribution in [3.63, 3.8) is 0 Å². The number of non-ortho nitro benzene ring substituents is 1. The first-order chi connectivity index (χ1) is 10.5. The van der Waals surface area contributed by atoms with Gasteiger partial charge in [-0.2, -0.15) is 11.8 Å². The Kier molecular flexibility index (Phi) is 11.5. The molecule has 0 radical (unpaired) electrons. The molecule has 128 valence electrons. The molecule has 0 heterocycles. The van der Waals surface area contributed by atoms with Crippen LogP contribution in [0.15, 0.2) is 41.4 Å². The smallest absolute Gasteiger partial charge is 0.269 e. The third-order valence-electron chi connectivity index (χ3n) is 2.72. The topological polar surface area (TPSA) is 79.6 Å². The van der Waals surface area contributed by atoms with Gasteiger partial charge in [0.05, 0.1) is 11.5 Å². The molecule has 0 unspecified atom stereocenters. The van der Waals surface area contributed by atoms with Gasteiger partial charge in [0.2, 0.25) is 0 Å². The Bertz CT molecular complexity index is 535. The molecule has 6 nitrogen and oxygen atoms in total. The van der Waals surface area contributed by atoms with E-state index < -0.39 is 4.92 Å². The predicted octanol–water partition coefficient (Wildman–Crippen LogP) is 3.19. The fourth-order valence-electron chi connectivity index (χ4n) is 1.57. The lowest BCUT2D eigenvalue weighted by Gasteiger charge is -2.12. The second-order valence-electron chi connectivity index (χ2n) is 4.82. The van der Waals surface area contributed by atoms with Gasteiger partial charge in [-0.05, 0) is 18.7 Å². The van der Waals surface area contributed by atoms with Crippen molar-refractivity contribution in [3.8, 4) is 0 Å². The zero-order chi connectivity index (χ0) is 16.4. The molecule has 1 aromatic rings. The molecule has 0 amide bonds. The molecular formula is C15H23IN4O2S. The highest BCUT2D eigenvalue weighted by Gasteiger charge is 2.04. The molecule has 0 aromatic heterocycles. The van der Waals surface area contributed by atoms with E-state index in [0.717, 1.165) is 29.4 Å². The molecule has 0 atom stereocenters. The van der Waals surface area contributed by atoms with Crippen LogP contribution < -0.4 is 10.6 Å². The molecule has 1 rings (SSSR count). The first-order valence-corrected chi connectivity index (χ1v) is 8.31. The lowest BCUT2D eigenvalue weighted by Crippen LogP contribution is -2.39. The molecule has 0 aliphatic carbocycles. The van der Waals surface area contributed by atoms with Gasteiger partial charge >= 0.3 is 0 Å². The first-order valence-electron chi connectivity index (χ1n) is 6.91. The Hall–Kier alpha value is -1.29. The van der Waals surface area contributed by atoms with Crippen molar-refractivity contribution in [2.24, 2.45) is 4.99 Å². The molecule has 0 aliphatic rings. The molecule has 0 bridgehead atoms. The summed E-state index contributed by atoms with van der Waals surface area (Å²) in [5, 5.41) is 17.1. The number of guanidine groups is 1. The lowest BCUT2D eigenvalue weighted by molar-refractivity contribution is -0.384. The van der Waals surface area contributed by atoms with E-state index in [2.05, 4.69) is 28.5 Å². The summed E-state index contributed by atoms with van der Waals surface area (Å²) in [5.41, 5.74) is 2.04. The van der Waals surface area contributed by atoms with Gasteiger partial charge < -0.3 is 10.6 Å². The number of aliphatic imine (C=N–C) groups is 1. The number of nitro groups is 1. The molecule has 0 spiro atoms. The third-order valence-corrected chi connectivity index (χ3v) is 3.34. The number of benzene rings is 1. The summed E-state index contributed by atoms with van der Waals surface area (Å²) in [6, 6.07) is 6.43. The zero-order valence-corrected chi connectivity index (χ0v) is 16.5. The molecule has 23 heavy (non-hydrogen) atoms. The van der Waals surface area contributed by atoms with Crippen LogP contribution in [0.1, 0.15) is 12.5 Å². The third kappa shape index (κ3) is 9.44. The van der Waals surface area contributed by atoms with Crippen LogP contribution in [0.3, 0.4) is 0 Å². The van der Waals surface area contributed by atoms with Crippen molar-refractivity contribution in [2.45, 2.75) is 13.5 Å². The molecule has 0 fully saturated rings. The number of thioether (sulfide) groups is 1. The molecule has 0 saturated carbocycles. The lowest BCUT2D eigenvalue weighted by atomic mass is 10.2. The Balaban J connectivity index is 0.00000484. The highest BCUT2D eigenvalue weighted by Crippen LogP contribution is 2.12. The summed E-state index contributed by atoms with van der Waals surface area (Å²) in [7, 11) is 0. The van der Waals surface area contributed by atoms with Crippen molar-refractivity contribution < 1.29 is 4.92 Å². The predicted molar refractivity (Wildman–Crippen MR) is 109 cm³/mol. The Morgan fingerprint density at radius 2 is 2.00 bits per heavy atom. The van der Waals surface area contributed by atoms with Crippen LogP contribution in [0.25, 0.3) is 0 Å². The van der Waals surface area contributed by atoms with Crippen LogP contribution in [0, 0.1) is 10.1 Å². The summed E-state index contributed by atoms with van der Waals surface area (Å²) in [6.07, 6.45) is 2.05. The standard InChI is InChI=1S/C15H22N4O2S.HI/c1-12(2)10-17-15(16-8-9-22-3)18-11-13-4-6-14(7-5-13)19(20)21;/h4-7H,1,8-11H2,2-3H3,(H2,16,17,18);1H. The minimum Gasteiger partial charge on any atom is -0.356 e. The number of nitrogens with zero attached hydrogens (tertiary/aromatic N) is 2.